The van der Waals surface area contributed by atoms with Gasteiger partial charge in [-0.05, 0) is 42.1 Å². The molecule has 4 nitrogen and oxygen atoms in total. The van der Waals surface area contributed by atoms with Crippen LogP contribution in [0, 0.1) is 17.7 Å². The van der Waals surface area contributed by atoms with Crippen LogP contribution in [0.4, 0.5) is 4.39 Å². The van der Waals surface area contributed by atoms with Gasteiger partial charge in [0.15, 0.2) is 5.11 Å². The summed E-state index contributed by atoms with van der Waals surface area (Å²) in [5.74, 6) is 0.774. The Labute approximate surface area is 190 Å². The molecule has 1 saturated carbocycles. The average Bonchev–Trinajstić information content (AvgIpc) is 2.77. The lowest BCUT2D eigenvalue weighted by atomic mass is 9.78. The van der Waals surface area contributed by atoms with Crippen LogP contribution < -0.4 is 10.6 Å². The second-order valence-electron chi connectivity index (χ2n) is 8.53. The minimum atomic E-state index is -0.262. The molecule has 0 unspecified atom stereocenters. The summed E-state index contributed by atoms with van der Waals surface area (Å²) in [6.45, 7) is 5.42. The molecule has 0 heterocycles. The van der Waals surface area contributed by atoms with Crippen LogP contribution in [0.5, 0.6) is 0 Å². The van der Waals surface area contributed by atoms with Gasteiger partial charge in [0.25, 0.3) is 0 Å². The van der Waals surface area contributed by atoms with Crippen molar-refractivity contribution in [2.24, 2.45) is 11.8 Å². The van der Waals surface area contributed by atoms with Gasteiger partial charge in [-0.3, -0.25) is 4.79 Å². The summed E-state index contributed by atoms with van der Waals surface area (Å²) in [6.07, 6.45) is 3.39. The zero-order valence-corrected chi connectivity index (χ0v) is 19.1. The Morgan fingerprint density at radius 3 is 2.52 bits per heavy atom. The molecule has 0 saturated heterocycles. The molecule has 1 fully saturated rings. The Bertz CT molecular complexity index is 876. The van der Waals surface area contributed by atoms with Crippen LogP contribution in [-0.4, -0.2) is 28.5 Å². The van der Waals surface area contributed by atoms with Gasteiger partial charge in [0.2, 0.25) is 5.91 Å². The molecule has 31 heavy (non-hydrogen) atoms. The van der Waals surface area contributed by atoms with Crippen molar-refractivity contribution >= 4 is 23.2 Å². The molecular formula is C25H32FN3OS. The summed E-state index contributed by atoms with van der Waals surface area (Å²) in [4.78, 5) is 14.4. The lowest BCUT2D eigenvalue weighted by Gasteiger charge is -2.34. The average molecular weight is 442 g/mol. The highest BCUT2D eigenvalue weighted by molar-refractivity contribution is 7.80. The highest BCUT2D eigenvalue weighted by Crippen LogP contribution is 2.29. The molecule has 1 amide bonds. The zero-order chi connectivity index (χ0) is 22.2. The molecule has 2 N–H and O–H groups in total. The second-order valence-corrected chi connectivity index (χ2v) is 8.92. The quantitative estimate of drug-likeness (QED) is 0.614. The number of carbonyl (C=O) groups excluding carboxylic acids is 1. The number of rotatable bonds is 7. The van der Waals surface area contributed by atoms with Gasteiger partial charge in [-0.2, -0.15) is 0 Å². The van der Waals surface area contributed by atoms with E-state index in [0.717, 1.165) is 18.4 Å². The Morgan fingerprint density at radius 2 is 1.77 bits per heavy atom. The van der Waals surface area contributed by atoms with E-state index in [1.165, 1.54) is 12.5 Å². The molecule has 0 aliphatic heterocycles. The highest BCUT2D eigenvalue weighted by Gasteiger charge is 2.28. The van der Waals surface area contributed by atoms with Crippen molar-refractivity contribution in [2.75, 3.05) is 6.54 Å². The Kier molecular flexibility index (Phi) is 8.41. The number of thiocarbonyl (C=S) groups is 1. The van der Waals surface area contributed by atoms with E-state index in [1.807, 2.05) is 41.3 Å². The molecule has 2 aromatic carbocycles. The largest absolute Gasteiger partial charge is 0.353 e. The summed E-state index contributed by atoms with van der Waals surface area (Å²) in [6, 6.07) is 16.8. The molecular weight excluding hydrogens is 409 g/mol. The number of halogens is 1. The van der Waals surface area contributed by atoms with E-state index in [1.54, 1.807) is 12.1 Å². The first kappa shape index (κ1) is 23.2. The summed E-state index contributed by atoms with van der Waals surface area (Å²) in [5.41, 5.74) is 1.63. The second kappa shape index (κ2) is 11.2. The number of nitrogens with zero attached hydrogens (tertiary/aromatic N) is 1. The fourth-order valence-electron chi connectivity index (χ4n) is 4.15. The maximum Gasteiger partial charge on any atom is 0.239 e. The third-order valence-corrected chi connectivity index (χ3v) is 6.68. The van der Waals surface area contributed by atoms with Gasteiger partial charge in [-0.15, -0.1) is 0 Å². The number of hydrogen-bond acceptors (Lipinski definition) is 2. The topological polar surface area (TPSA) is 44.4 Å². The first-order chi connectivity index (χ1) is 14.9. The van der Waals surface area contributed by atoms with Crippen LogP contribution in [0.15, 0.2) is 54.6 Å². The number of benzene rings is 2. The number of hydrogen-bond donors (Lipinski definition) is 2. The molecule has 3 rings (SSSR count). The van der Waals surface area contributed by atoms with Crippen molar-refractivity contribution in [1.82, 2.24) is 15.5 Å². The van der Waals surface area contributed by atoms with Gasteiger partial charge in [0.1, 0.15) is 5.82 Å². The van der Waals surface area contributed by atoms with E-state index < -0.39 is 0 Å². The third-order valence-electron chi connectivity index (χ3n) is 6.28. The van der Waals surface area contributed by atoms with E-state index in [4.69, 9.17) is 12.2 Å². The van der Waals surface area contributed by atoms with Crippen molar-refractivity contribution in [1.29, 1.82) is 0 Å². The van der Waals surface area contributed by atoms with Gasteiger partial charge in [-0.25, -0.2) is 4.39 Å². The monoisotopic (exact) mass is 441 g/mol. The van der Waals surface area contributed by atoms with E-state index in [2.05, 4.69) is 24.5 Å². The van der Waals surface area contributed by atoms with Crippen molar-refractivity contribution < 1.29 is 9.18 Å². The van der Waals surface area contributed by atoms with Crippen LogP contribution >= 0.6 is 12.2 Å². The number of nitrogens with one attached hydrogen (secondary N) is 2. The van der Waals surface area contributed by atoms with Gasteiger partial charge in [-0.1, -0.05) is 75.2 Å². The predicted octanol–water partition coefficient (Wildman–Crippen LogP) is 4.64. The first-order valence-corrected chi connectivity index (χ1v) is 11.4. The lowest BCUT2D eigenvalue weighted by molar-refractivity contribution is -0.121. The van der Waals surface area contributed by atoms with E-state index >= 15 is 0 Å². The SMILES string of the molecule is C[C@@H]1[C@H](C)CCC[C@@H]1NC(=O)CNC(=S)N(Cc1ccccc1)Cc1ccccc1F. The minimum absolute atomic E-state index is 0.0566. The van der Waals surface area contributed by atoms with Crippen LogP contribution in [0.25, 0.3) is 0 Å². The van der Waals surface area contributed by atoms with Gasteiger partial charge >= 0.3 is 0 Å². The van der Waals surface area contributed by atoms with Crippen molar-refractivity contribution in [3.63, 3.8) is 0 Å². The molecule has 1 aliphatic carbocycles. The fourth-order valence-corrected chi connectivity index (χ4v) is 4.35. The molecule has 0 radical (unpaired) electrons. The van der Waals surface area contributed by atoms with Crippen LogP contribution in [0.1, 0.15) is 44.2 Å². The summed E-state index contributed by atoms with van der Waals surface area (Å²) >= 11 is 5.59. The van der Waals surface area contributed by atoms with E-state index in [-0.39, 0.29) is 24.3 Å². The van der Waals surface area contributed by atoms with Crippen molar-refractivity contribution in [3.05, 3.63) is 71.5 Å². The fraction of sp³-hybridized carbons (Fsp3) is 0.440. The lowest BCUT2D eigenvalue weighted by Crippen LogP contribution is -2.49. The first-order valence-electron chi connectivity index (χ1n) is 11.0. The maximum absolute atomic E-state index is 14.2. The standard InChI is InChI=1S/C25H32FN3OS/c1-18-9-8-14-23(19(18)2)28-24(30)15-27-25(31)29(16-20-10-4-3-5-11-20)17-21-12-6-7-13-22(21)26/h3-7,10-13,18-19,23H,8-9,14-17H2,1-2H3,(H,27,31)(H,28,30)/t18-,19-,23+/m1/s1. The van der Waals surface area contributed by atoms with Crippen molar-refractivity contribution in [3.8, 4) is 0 Å². The van der Waals surface area contributed by atoms with Gasteiger partial charge in [0.05, 0.1) is 6.54 Å². The molecule has 3 atom stereocenters. The Hall–Kier alpha value is -2.47. The molecule has 0 bridgehead atoms. The Balaban J connectivity index is 1.61. The number of amides is 1. The maximum atomic E-state index is 14.2. The van der Waals surface area contributed by atoms with E-state index in [0.29, 0.717) is 35.6 Å². The predicted molar refractivity (Wildman–Crippen MR) is 127 cm³/mol. The van der Waals surface area contributed by atoms with Gasteiger partial charge < -0.3 is 15.5 Å². The minimum Gasteiger partial charge on any atom is -0.353 e. The smallest absolute Gasteiger partial charge is 0.239 e. The van der Waals surface area contributed by atoms with Crippen molar-refractivity contribution in [2.45, 2.75) is 52.2 Å². The summed E-state index contributed by atoms with van der Waals surface area (Å²) in [5, 5.41) is 6.68. The van der Waals surface area contributed by atoms with Crippen LogP contribution in [0.3, 0.4) is 0 Å². The summed E-state index contributed by atoms with van der Waals surface area (Å²) < 4.78 is 14.2. The van der Waals surface area contributed by atoms with E-state index in [9.17, 15) is 9.18 Å². The number of carbonyl (C=O) groups is 1. The van der Waals surface area contributed by atoms with Crippen LogP contribution in [0.2, 0.25) is 0 Å². The molecule has 0 spiro atoms. The molecule has 2 aromatic rings. The normalized spacial score (nSPS) is 20.7. The zero-order valence-electron chi connectivity index (χ0n) is 18.3. The Morgan fingerprint density at radius 1 is 1.06 bits per heavy atom. The molecule has 1 aliphatic rings. The molecule has 0 aromatic heterocycles. The third kappa shape index (κ3) is 6.76. The van der Waals surface area contributed by atoms with Crippen LogP contribution in [-0.2, 0) is 17.9 Å². The molecule has 166 valence electrons. The summed E-state index contributed by atoms with van der Waals surface area (Å²) in [7, 11) is 0. The molecule has 6 heteroatoms. The van der Waals surface area contributed by atoms with Gasteiger partial charge in [0, 0.05) is 24.7 Å². The highest BCUT2D eigenvalue weighted by atomic mass is 32.1.